The van der Waals surface area contributed by atoms with E-state index >= 15 is 0 Å². The van der Waals surface area contributed by atoms with E-state index in [-0.39, 0.29) is 5.69 Å². The minimum absolute atomic E-state index is 0.0874. The Kier molecular flexibility index (Phi) is 2.63. The zero-order valence-corrected chi connectivity index (χ0v) is 7.20. The largest absolute Gasteiger partial charge is 0.453 e. The molecule has 6 nitrogen and oxygen atoms in total. The highest BCUT2D eigenvalue weighted by atomic mass is 16.5. The summed E-state index contributed by atoms with van der Waals surface area (Å²) in [4.78, 5) is 22.0. The molecule has 0 aromatic carbocycles. The van der Waals surface area contributed by atoms with Gasteiger partial charge >= 0.3 is 6.09 Å². The van der Waals surface area contributed by atoms with Crippen molar-refractivity contribution < 1.29 is 9.53 Å². The summed E-state index contributed by atoms with van der Waals surface area (Å²) in [6.45, 7) is 0. The second-order valence-electron chi connectivity index (χ2n) is 2.23. The highest BCUT2D eigenvalue weighted by Gasteiger charge is 2.05. The van der Waals surface area contributed by atoms with Crippen molar-refractivity contribution >= 4 is 11.8 Å². The zero-order valence-electron chi connectivity index (χ0n) is 7.20. The molecule has 1 aromatic heterocycles. The topological polar surface area (TPSA) is 73.2 Å². The van der Waals surface area contributed by atoms with Crippen molar-refractivity contribution in [3.8, 4) is 0 Å². The monoisotopic (exact) mass is 182 g/mol. The Morgan fingerprint density at radius 1 is 1.77 bits per heavy atom. The number of ether oxygens (including phenoxy) is 1. The lowest BCUT2D eigenvalue weighted by atomic mass is 10.5. The van der Waals surface area contributed by atoms with Crippen LogP contribution in [0, 0.1) is 6.20 Å². The average molecular weight is 182 g/mol. The lowest BCUT2D eigenvalue weighted by Gasteiger charge is -2.02. The molecule has 1 heterocycles. The summed E-state index contributed by atoms with van der Waals surface area (Å²) < 4.78 is 5.38. The Morgan fingerprint density at radius 2 is 2.46 bits per heavy atom. The first-order chi connectivity index (χ1) is 6.15. The fourth-order valence-corrected chi connectivity index (χ4v) is 0.712. The number of hydrogen-bond acceptors (Lipinski definition) is 4. The van der Waals surface area contributed by atoms with E-state index in [0.717, 1.165) is 4.68 Å². The van der Waals surface area contributed by atoms with Crippen LogP contribution in [0.2, 0.25) is 0 Å². The molecule has 6 heteroatoms. The molecule has 13 heavy (non-hydrogen) atoms. The molecule has 0 aliphatic carbocycles. The molecule has 0 spiro atoms. The van der Waals surface area contributed by atoms with Crippen molar-refractivity contribution in [2.45, 2.75) is 0 Å². The zero-order chi connectivity index (χ0) is 9.84. The standard InChI is InChI=1S/C7H8N3O3/c1-10-6(11)5(3-4-8-10)9-7(12)13-2/h3H,1-2H3,(H,9,12). The van der Waals surface area contributed by atoms with Crippen LogP contribution >= 0.6 is 0 Å². The van der Waals surface area contributed by atoms with E-state index in [0.29, 0.717) is 0 Å². The molecule has 0 aliphatic heterocycles. The molecule has 0 fully saturated rings. The van der Waals surface area contributed by atoms with E-state index in [2.05, 4.69) is 21.3 Å². The summed E-state index contributed by atoms with van der Waals surface area (Å²) in [5, 5.41) is 5.79. The summed E-state index contributed by atoms with van der Waals surface area (Å²) in [5.41, 5.74) is -0.325. The number of amides is 1. The third kappa shape index (κ3) is 2.05. The van der Waals surface area contributed by atoms with Gasteiger partial charge in [0, 0.05) is 7.05 Å². The van der Waals surface area contributed by atoms with Crippen LogP contribution in [0.4, 0.5) is 10.5 Å². The minimum Gasteiger partial charge on any atom is -0.453 e. The van der Waals surface area contributed by atoms with Crippen LogP contribution in [0.5, 0.6) is 0 Å². The van der Waals surface area contributed by atoms with Crippen molar-refractivity contribution in [1.29, 1.82) is 0 Å². The third-order valence-electron chi connectivity index (χ3n) is 1.36. The Bertz CT molecular complexity index is 371. The first-order valence-corrected chi connectivity index (χ1v) is 3.44. The summed E-state index contributed by atoms with van der Waals surface area (Å²) in [7, 11) is 2.67. The van der Waals surface area contributed by atoms with Gasteiger partial charge in [-0.25, -0.2) is 9.48 Å². The van der Waals surface area contributed by atoms with Gasteiger partial charge in [-0.3, -0.25) is 10.1 Å². The summed E-state index contributed by atoms with van der Waals surface area (Å²) in [6.07, 6.45) is 1.74. The van der Waals surface area contributed by atoms with E-state index in [4.69, 9.17) is 0 Å². The van der Waals surface area contributed by atoms with Gasteiger partial charge in [-0.2, -0.15) is 5.10 Å². The maximum Gasteiger partial charge on any atom is 0.411 e. The molecule has 69 valence electrons. The van der Waals surface area contributed by atoms with E-state index in [1.165, 1.54) is 20.2 Å². The van der Waals surface area contributed by atoms with Crippen LogP contribution in [0.3, 0.4) is 0 Å². The molecule has 1 aromatic rings. The lowest BCUT2D eigenvalue weighted by molar-refractivity contribution is 0.187. The number of methoxy groups -OCH3 is 1. The SMILES string of the molecule is COC(=O)Nc1c[c]nn(C)c1=O. The predicted molar refractivity (Wildman–Crippen MR) is 44.3 cm³/mol. The number of anilines is 1. The van der Waals surface area contributed by atoms with Gasteiger partial charge in [0.25, 0.3) is 5.56 Å². The highest BCUT2D eigenvalue weighted by molar-refractivity contribution is 5.83. The van der Waals surface area contributed by atoms with Crippen molar-refractivity contribution in [2.75, 3.05) is 12.4 Å². The van der Waals surface area contributed by atoms with Crippen LogP contribution in [-0.2, 0) is 11.8 Å². The molecule has 0 saturated carbocycles. The summed E-state index contributed by atoms with van der Waals surface area (Å²) in [5.74, 6) is 0. The fourth-order valence-electron chi connectivity index (χ4n) is 0.712. The number of carbonyl (C=O) groups excluding carboxylic acids is 1. The van der Waals surface area contributed by atoms with E-state index in [1.54, 1.807) is 0 Å². The quantitative estimate of drug-likeness (QED) is 0.650. The van der Waals surface area contributed by atoms with Gasteiger partial charge in [0.2, 0.25) is 0 Å². The molecule has 1 amide bonds. The van der Waals surface area contributed by atoms with Gasteiger partial charge in [-0.15, -0.1) is 0 Å². The van der Waals surface area contributed by atoms with Crippen LogP contribution in [0.1, 0.15) is 0 Å². The number of nitrogens with zero attached hydrogens (tertiary/aromatic N) is 2. The maximum absolute atomic E-state index is 11.2. The highest BCUT2D eigenvalue weighted by Crippen LogP contribution is 1.95. The molecule has 0 bridgehead atoms. The Morgan fingerprint density at radius 3 is 3.08 bits per heavy atom. The van der Waals surface area contributed by atoms with Crippen molar-refractivity contribution in [3.63, 3.8) is 0 Å². The number of carbonyl (C=O) groups is 1. The van der Waals surface area contributed by atoms with E-state index in [9.17, 15) is 9.59 Å². The average Bonchev–Trinajstić information content (AvgIpc) is 2.13. The van der Waals surface area contributed by atoms with Gasteiger partial charge in [0.15, 0.2) is 0 Å². The molecular formula is C7H8N3O3. The molecular weight excluding hydrogens is 174 g/mol. The molecule has 0 unspecified atom stereocenters. The minimum atomic E-state index is -0.698. The molecule has 1 N–H and O–H groups in total. The first-order valence-electron chi connectivity index (χ1n) is 3.44. The maximum atomic E-state index is 11.2. The summed E-state index contributed by atoms with van der Waals surface area (Å²) >= 11 is 0. The molecule has 1 rings (SSSR count). The number of hydrogen-bond donors (Lipinski definition) is 1. The molecule has 0 saturated heterocycles. The van der Waals surface area contributed by atoms with Gasteiger partial charge in [0.05, 0.1) is 7.11 Å². The Balaban J connectivity index is 2.96. The van der Waals surface area contributed by atoms with Gasteiger partial charge < -0.3 is 4.74 Å². The van der Waals surface area contributed by atoms with Crippen LogP contribution in [0.25, 0.3) is 0 Å². The second kappa shape index (κ2) is 3.70. The number of aryl methyl sites for hydroxylation is 1. The lowest BCUT2D eigenvalue weighted by Crippen LogP contribution is -2.25. The predicted octanol–water partition coefficient (Wildman–Crippen LogP) is -0.241. The first kappa shape index (κ1) is 9.24. The van der Waals surface area contributed by atoms with Gasteiger partial charge in [-0.05, 0) is 6.07 Å². The Labute approximate surface area is 74.1 Å². The summed E-state index contributed by atoms with van der Waals surface area (Å²) in [6, 6.07) is 1.28. The van der Waals surface area contributed by atoms with Crippen molar-refractivity contribution in [1.82, 2.24) is 9.78 Å². The van der Waals surface area contributed by atoms with Gasteiger partial charge in [-0.1, -0.05) is 0 Å². The van der Waals surface area contributed by atoms with Crippen LogP contribution < -0.4 is 10.9 Å². The normalized spacial score (nSPS) is 9.38. The van der Waals surface area contributed by atoms with Crippen LogP contribution in [-0.4, -0.2) is 23.0 Å². The Hall–Kier alpha value is -1.85. The van der Waals surface area contributed by atoms with Crippen molar-refractivity contribution in [2.24, 2.45) is 7.05 Å². The fraction of sp³-hybridized carbons (Fsp3) is 0.286. The van der Waals surface area contributed by atoms with Crippen molar-refractivity contribution in [3.05, 3.63) is 22.6 Å². The molecule has 1 radical (unpaired) electrons. The van der Waals surface area contributed by atoms with Crippen LogP contribution in [0.15, 0.2) is 10.9 Å². The van der Waals surface area contributed by atoms with E-state index in [1.807, 2.05) is 0 Å². The number of rotatable bonds is 1. The van der Waals surface area contributed by atoms with Gasteiger partial charge in [0.1, 0.15) is 11.9 Å². The number of aromatic nitrogens is 2. The third-order valence-corrected chi connectivity index (χ3v) is 1.36. The van der Waals surface area contributed by atoms with E-state index < -0.39 is 11.7 Å². The number of nitrogens with one attached hydrogen (secondary N) is 1. The molecule has 0 atom stereocenters. The second-order valence-corrected chi connectivity index (χ2v) is 2.23. The molecule has 0 aliphatic rings. The smallest absolute Gasteiger partial charge is 0.411 e.